The van der Waals surface area contributed by atoms with E-state index in [1.54, 1.807) is 24.3 Å². The minimum Gasteiger partial charge on any atom is -0.430 e. The number of halogens is 2. The highest BCUT2D eigenvalue weighted by atomic mass is 35.5. The summed E-state index contributed by atoms with van der Waals surface area (Å²) in [5.74, 6) is -0.301. The number of rotatable bonds is 9. The van der Waals surface area contributed by atoms with E-state index in [2.05, 4.69) is 30.6 Å². The molecule has 9 heteroatoms. The van der Waals surface area contributed by atoms with Gasteiger partial charge in [0.05, 0.1) is 24.7 Å². The van der Waals surface area contributed by atoms with Crippen molar-refractivity contribution in [1.82, 2.24) is 10.6 Å². The molecule has 0 unspecified atom stereocenters. The fraction of sp³-hybridized carbons (Fsp3) is 0.462. The highest BCUT2D eigenvalue weighted by molar-refractivity contribution is 6.30. The lowest BCUT2D eigenvalue weighted by atomic mass is 9.65. The maximum absolute atomic E-state index is 12.7. The number of carbonyl (C=O) groups is 1. The zero-order valence-corrected chi connectivity index (χ0v) is 21.3. The number of benzene rings is 2. The van der Waals surface area contributed by atoms with Crippen LogP contribution in [0.4, 0.5) is 4.79 Å². The molecule has 2 aromatic rings. The van der Waals surface area contributed by atoms with Crippen molar-refractivity contribution in [3.05, 3.63) is 69.7 Å². The van der Waals surface area contributed by atoms with E-state index in [9.17, 15) is 15.2 Å². The lowest BCUT2D eigenvalue weighted by Gasteiger charge is -2.35. The van der Waals surface area contributed by atoms with E-state index in [0.29, 0.717) is 16.5 Å². The van der Waals surface area contributed by atoms with E-state index >= 15 is 0 Å². The van der Waals surface area contributed by atoms with Gasteiger partial charge in [0.15, 0.2) is 6.23 Å². The maximum atomic E-state index is 12.7. The van der Waals surface area contributed by atoms with Gasteiger partial charge in [0.2, 0.25) is 0 Å². The van der Waals surface area contributed by atoms with Crippen LogP contribution in [0.5, 0.6) is 0 Å². The van der Waals surface area contributed by atoms with Crippen LogP contribution in [0.15, 0.2) is 48.5 Å². The molecule has 1 saturated heterocycles. The van der Waals surface area contributed by atoms with Crippen LogP contribution in [0.1, 0.15) is 43.7 Å². The van der Waals surface area contributed by atoms with Gasteiger partial charge in [-0.15, -0.1) is 0 Å². The average molecular weight is 520 g/mol. The van der Waals surface area contributed by atoms with Crippen molar-refractivity contribution < 1.29 is 19.7 Å². The molecule has 0 aliphatic carbocycles. The van der Waals surface area contributed by atoms with E-state index in [1.807, 2.05) is 24.3 Å². The first-order valence-electron chi connectivity index (χ1n) is 11.6. The zero-order valence-electron chi connectivity index (χ0n) is 19.7. The predicted molar refractivity (Wildman–Crippen MR) is 135 cm³/mol. The molecule has 0 radical (unpaired) electrons. The maximum Gasteiger partial charge on any atom is 0.408 e. The Hall–Kier alpha value is -2.34. The molecule has 2 aromatic carbocycles. The average Bonchev–Trinajstić information content (AvgIpc) is 3.11. The number of hydrogen-bond donors (Lipinski definition) is 4. The molecule has 188 valence electrons. The fourth-order valence-corrected chi connectivity index (χ4v) is 5.08. The Morgan fingerprint density at radius 1 is 1.23 bits per heavy atom. The monoisotopic (exact) mass is 519 g/mol. The summed E-state index contributed by atoms with van der Waals surface area (Å²) in [6, 6.07) is 16.7. The fourth-order valence-electron chi connectivity index (χ4n) is 4.75. The number of aliphatic hydroxyl groups excluding tert-OH is 2. The minimum absolute atomic E-state index is 0.130. The number of aliphatic hydroxyl groups is 2. The van der Waals surface area contributed by atoms with Gasteiger partial charge in [-0.05, 0) is 54.2 Å². The van der Waals surface area contributed by atoms with Crippen LogP contribution < -0.4 is 10.6 Å². The van der Waals surface area contributed by atoms with Gasteiger partial charge in [0.1, 0.15) is 5.41 Å². The SMILES string of the molecule is CC(C)C[C@@H]1N[C@H](OC(=O)NCC[C@H](O)CO)[C@H](c2cccc(Cl)c2)[C@@]1(C#N)c1ccc(Cl)cc1. The van der Waals surface area contributed by atoms with E-state index in [1.165, 1.54) is 0 Å². The molecule has 7 nitrogen and oxygen atoms in total. The molecule has 4 N–H and O–H groups in total. The van der Waals surface area contributed by atoms with Crippen molar-refractivity contribution in [2.45, 2.75) is 56.4 Å². The largest absolute Gasteiger partial charge is 0.430 e. The summed E-state index contributed by atoms with van der Waals surface area (Å²) in [7, 11) is 0. The van der Waals surface area contributed by atoms with Crippen LogP contribution in [-0.2, 0) is 10.2 Å². The van der Waals surface area contributed by atoms with Gasteiger partial charge < -0.3 is 20.3 Å². The molecular weight excluding hydrogens is 489 g/mol. The number of hydrogen-bond acceptors (Lipinski definition) is 6. The van der Waals surface area contributed by atoms with E-state index in [-0.39, 0.29) is 31.5 Å². The van der Waals surface area contributed by atoms with Crippen molar-refractivity contribution in [3.8, 4) is 6.07 Å². The highest BCUT2D eigenvalue weighted by Crippen LogP contribution is 2.50. The lowest BCUT2D eigenvalue weighted by molar-refractivity contribution is 0.0693. The Bertz CT molecular complexity index is 1040. The van der Waals surface area contributed by atoms with Crippen LogP contribution in [0.2, 0.25) is 10.0 Å². The van der Waals surface area contributed by atoms with Crippen molar-refractivity contribution in [3.63, 3.8) is 0 Å². The van der Waals surface area contributed by atoms with Gasteiger partial charge >= 0.3 is 6.09 Å². The first kappa shape index (κ1) is 27.3. The molecule has 0 spiro atoms. The lowest BCUT2D eigenvalue weighted by Crippen LogP contribution is -2.42. The third kappa shape index (κ3) is 6.27. The third-order valence-corrected chi connectivity index (χ3v) is 6.81. The molecule has 0 saturated carbocycles. The van der Waals surface area contributed by atoms with Crippen LogP contribution in [0.25, 0.3) is 0 Å². The molecule has 3 rings (SSSR count). The molecule has 0 bridgehead atoms. The van der Waals surface area contributed by atoms with Crippen molar-refractivity contribution >= 4 is 29.3 Å². The first-order chi connectivity index (χ1) is 16.7. The molecule has 1 aliphatic rings. The number of ether oxygens (including phenoxy) is 1. The summed E-state index contributed by atoms with van der Waals surface area (Å²) in [6.07, 6.45) is -1.59. The number of nitriles is 1. The zero-order chi connectivity index (χ0) is 25.6. The second-order valence-electron chi connectivity index (χ2n) is 9.25. The van der Waals surface area contributed by atoms with E-state index < -0.39 is 29.8 Å². The molecule has 35 heavy (non-hydrogen) atoms. The summed E-state index contributed by atoms with van der Waals surface area (Å²) in [4.78, 5) is 12.7. The summed E-state index contributed by atoms with van der Waals surface area (Å²) < 4.78 is 5.82. The number of nitrogens with one attached hydrogen (secondary N) is 2. The van der Waals surface area contributed by atoms with Crippen LogP contribution >= 0.6 is 23.2 Å². The highest BCUT2D eigenvalue weighted by Gasteiger charge is 2.58. The van der Waals surface area contributed by atoms with Crippen molar-refractivity contribution in [2.24, 2.45) is 5.92 Å². The van der Waals surface area contributed by atoms with E-state index in [0.717, 1.165) is 11.1 Å². The van der Waals surface area contributed by atoms with Crippen LogP contribution in [0.3, 0.4) is 0 Å². The van der Waals surface area contributed by atoms with Gasteiger partial charge in [-0.1, -0.05) is 61.3 Å². The molecule has 5 atom stereocenters. The Kier molecular flexibility index (Phi) is 9.40. The number of nitrogens with zero attached hydrogens (tertiary/aromatic N) is 1. The molecule has 1 aliphatic heterocycles. The van der Waals surface area contributed by atoms with Crippen molar-refractivity contribution in [2.75, 3.05) is 13.2 Å². The molecular formula is C26H31Cl2N3O4. The Morgan fingerprint density at radius 2 is 1.94 bits per heavy atom. The summed E-state index contributed by atoms with van der Waals surface area (Å²) in [5, 5.41) is 36.3. The molecule has 1 fully saturated rings. The second-order valence-corrected chi connectivity index (χ2v) is 10.1. The number of carbonyl (C=O) groups excluding carboxylic acids is 1. The molecule has 0 aromatic heterocycles. The quantitative estimate of drug-likeness (QED) is 0.391. The second kappa shape index (κ2) is 12.1. The first-order valence-corrected chi connectivity index (χ1v) is 12.4. The Labute approximate surface area is 216 Å². The topological polar surface area (TPSA) is 115 Å². The molecule has 1 heterocycles. The van der Waals surface area contributed by atoms with Gasteiger partial charge in [0, 0.05) is 22.6 Å². The normalized spacial score (nSPS) is 24.7. The van der Waals surface area contributed by atoms with E-state index in [4.69, 9.17) is 33.0 Å². The summed E-state index contributed by atoms with van der Waals surface area (Å²) >= 11 is 12.5. The summed E-state index contributed by atoms with van der Waals surface area (Å²) in [5.41, 5.74) is 0.462. The standard InChI is InChI=1S/C26H31Cl2N3O4/c1-16(2)12-22-26(15-29,18-6-8-19(27)9-7-18)23(17-4-3-5-20(28)13-17)24(31-22)35-25(34)30-11-10-21(33)14-32/h3-9,13,16,21-24,31-33H,10-12,14H2,1-2H3,(H,30,34)/t21-,22-,23-,24+,26-/m0/s1. The van der Waals surface area contributed by atoms with Crippen molar-refractivity contribution in [1.29, 1.82) is 5.26 Å². The smallest absolute Gasteiger partial charge is 0.408 e. The predicted octanol–water partition coefficient (Wildman–Crippen LogP) is 4.35. The number of amides is 1. The summed E-state index contributed by atoms with van der Waals surface area (Å²) in [6.45, 7) is 3.90. The Morgan fingerprint density at radius 3 is 2.54 bits per heavy atom. The third-order valence-electron chi connectivity index (χ3n) is 6.32. The Balaban J connectivity index is 2.03. The van der Waals surface area contributed by atoms with Gasteiger partial charge in [0.25, 0.3) is 0 Å². The van der Waals surface area contributed by atoms with Gasteiger partial charge in [-0.3, -0.25) is 5.32 Å². The van der Waals surface area contributed by atoms with Crippen LogP contribution in [0, 0.1) is 17.2 Å². The van der Waals surface area contributed by atoms with Crippen LogP contribution in [-0.4, -0.2) is 47.8 Å². The van der Waals surface area contributed by atoms with Gasteiger partial charge in [-0.25, -0.2) is 4.79 Å². The molecule has 1 amide bonds. The number of alkyl carbamates (subject to hydrolysis) is 1. The minimum atomic E-state index is -1.07. The van der Waals surface area contributed by atoms with Gasteiger partial charge in [-0.2, -0.15) is 5.26 Å².